The maximum absolute atomic E-state index is 12.8. The van der Waals surface area contributed by atoms with Crippen LogP contribution in [0.2, 0.25) is 0 Å². The smallest absolute Gasteiger partial charge is 0.328 e. The van der Waals surface area contributed by atoms with E-state index in [4.69, 9.17) is 15.9 Å². The normalized spacial score (nSPS) is 18.9. The van der Waals surface area contributed by atoms with Gasteiger partial charge in [-0.3, -0.25) is 19.2 Å². The first-order valence-corrected chi connectivity index (χ1v) is 9.81. The second-order valence-electron chi connectivity index (χ2n) is 7.65. The summed E-state index contributed by atoms with van der Waals surface area (Å²) in [7, 11) is 0. The van der Waals surface area contributed by atoms with Crippen molar-refractivity contribution in [1.82, 2.24) is 21.3 Å². The van der Waals surface area contributed by atoms with E-state index in [1.54, 1.807) is 0 Å². The number of aliphatic hydroxyl groups excluding tert-OH is 1. The standard InChI is InChI=1S/C18H31N5O7/c1-9(2)6-11(21-15(26)10-4-3-5-20-10)16(27)22-12(7-14(19)25)17(28)23-13(8-24)18(29)30/h9-13,20,24H,3-8H2,1-2H3,(H2,19,25)(H,21,26)(H,22,27)(H,23,28)(H,29,30). The Bertz CT molecular complexity index is 649. The summed E-state index contributed by atoms with van der Waals surface area (Å²) in [5.41, 5.74) is 5.14. The molecule has 0 saturated carbocycles. The van der Waals surface area contributed by atoms with E-state index in [9.17, 15) is 24.0 Å². The van der Waals surface area contributed by atoms with Gasteiger partial charge in [0.2, 0.25) is 23.6 Å². The number of primary amides is 1. The third kappa shape index (κ3) is 8.33. The number of hydrogen-bond donors (Lipinski definition) is 7. The number of aliphatic carboxylic acids is 1. The van der Waals surface area contributed by atoms with E-state index < -0.39 is 60.9 Å². The number of carboxylic acids is 1. The molecule has 4 amide bonds. The first-order chi connectivity index (χ1) is 14.0. The first kappa shape index (κ1) is 25.3. The number of carboxylic acid groups (broad SMARTS) is 1. The molecule has 4 atom stereocenters. The first-order valence-electron chi connectivity index (χ1n) is 9.81. The average Bonchev–Trinajstić information content (AvgIpc) is 3.18. The van der Waals surface area contributed by atoms with E-state index in [-0.39, 0.29) is 18.2 Å². The van der Waals surface area contributed by atoms with Crippen LogP contribution in [0.25, 0.3) is 0 Å². The van der Waals surface area contributed by atoms with Crippen molar-refractivity contribution >= 4 is 29.6 Å². The van der Waals surface area contributed by atoms with Crippen LogP contribution in [-0.2, 0) is 24.0 Å². The Kier molecular flexibility index (Phi) is 10.2. The van der Waals surface area contributed by atoms with Crippen LogP contribution in [0.15, 0.2) is 0 Å². The molecule has 30 heavy (non-hydrogen) atoms. The number of amides is 4. The van der Waals surface area contributed by atoms with E-state index >= 15 is 0 Å². The fraction of sp³-hybridized carbons (Fsp3) is 0.722. The molecule has 0 radical (unpaired) electrons. The van der Waals surface area contributed by atoms with Crippen molar-refractivity contribution in [3.05, 3.63) is 0 Å². The lowest BCUT2D eigenvalue weighted by molar-refractivity contribution is -0.143. The molecule has 12 nitrogen and oxygen atoms in total. The Labute approximate surface area is 174 Å². The van der Waals surface area contributed by atoms with Crippen molar-refractivity contribution in [2.45, 2.75) is 63.7 Å². The molecule has 0 aromatic heterocycles. The number of carbonyl (C=O) groups is 5. The zero-order valence-electron chi connectivity index (χ0n) is 17.1. The van der Waals surface area contributed by atoms with E-state index in [1.165, 1.54) is 0 Å². The van der Waals surface area contributed by atoms with Crippen molar-refractivity contribution in [2.24, 2.45) is 11.7 Å². The maximum atomic E-state index is 12.8. The summed E-state index contributed by atoms with van der Waals surface area (Å²) in [6.07, 6.45) is 1.19. The summed E-state index contributed by atoms with van der Waals surface area (Å²) < 4.78 is 0. The third-order valence-corrected chi connectivity index (χ3v) is 4.55. The predicted octanol–water partition coefficient (Wildman–Crippen LogP) is -2.81. The van der Waals surface area contributed by atoms with Crippen LogP contribution in [0.4, 0.5) is 0 Å². The van der Waals surface area contributed by atoms with Gasteiger partial charge in [-0.15, -0.1) is 0 Å². The molecule has 170 valence electrons. The van der Waals surface area contributed by atoms with Gasteiger partial charge in [-0.05, 0) is 31.7 Å². The number of aliphatic hydroxyl groups is 1. The summed E-state index contributed by atoms with van der Waals surface area (Å²) in [4.78, 5) is 59.9. The number of nitrogens with one attached hydrogen (secondary N) is 4. The Balaban J connectivity index is 2.89. The highest BCUT2D eigenvalue weighted by Crippen LogP contribution is 2.09. The van der Waals surface area contributed by atoms with Crippen LogP contribution in [0, 0.1) is 5.92 Å². The number of hydrogen-bond acceptors (Lipinski definition) is 7. The Morgan fingerprint density at radius 3 is 2.10 bits per heavy atom. The quantitative estimate of drug-likeness (QED) is 0.172. The molecule has 8 N–H and O–H groups in total. The van der Waals surface area contributed by atoms with Crippen LogP contribution in [-0.4, -0.2) is 77.1 Å². The monoisotopic (exact) mass is 429 g/mol. The van der Waals surface area contributed by atoms with E-state index in [1.807, 2.05) is 19.2 Å². The summed E-state index contributed by atoms with van der Waals surface area (Å²) in [6.45, 7) is 3.54. The molecular weight excluding hydrogens is 398 g/mol. The lowest BCUT2D eigenvalue weighted by Crippen LogP contribution is -2.58. The third-order valence-electron chi connectivity index (χ3n) is 4.55. The largest absolute Gasteiger partial charge is 0.480 e. The van der Waals surface area contributed by atoms with Gasteiger partial charge in [0.1, 0.15) is 18.1 Å². The number of nitrogens with two attached hydrogens (primary N) is 1. The minimum Gasteiger partial charge on any atom is -0.480 e. The van der Waals surface area contributed by atoms with Crippen LogP contribution in [0.3, 0.4) is 0 Å². The average molecular weight is 429 g/mol. The lowest BCUT2D eigenvalue weighted by Gasteiger charge is -2.25. The molecular formula is C18H31N5O7. The van der Waals surface area contributed by atoms with Crippen LogP contribution >= 0.6 is 0 Å². The summed E-state index contributed by atoms with van der Waals surface area (Å²) in [5, 5.41) is 28.1. The molecule has 1 aliphatic heterocycles. The topological polar surface area (TPSA) is 200 Å². The van der Waals surface area contributed by atoms with Gasteiger partial charge in [0.25, 0.3) is 0 Å². The van der Waals surface area contributed by atoms with Gasteiger partial charge < -0.3 is 37.2 Å². The van der Waals surface area contributed by atoms with Crippen molar-refractivity contribution < 1.29 is 34.2 Å². The number of rotatable bonds is 12. The Morgan fingerprint density at radius 1 is 1.03 bits per heavy atom. The molecule has 1 rings (SSSR count). The van der Waals surface area contributed by atoms with E-state index in [0.717, 1.165) is 6.42 Å². The lowest BCUT2D eigenvalue weighted by atomic mass is 10.0. The molecule has 4 unspecified atom stereocenters. The zero-order valence-corrected chi connectivity index (χ0v) is 17.1. The molecule has 1 saturated heterocycles. The van der Waals surface area contributed by atoms with Gasteiger partial charge in [0.05, 0.1) is 19.1 Å². The van der Waals surface area contributed by atoms with Gasteiger partial charge >= 0.3 is 5.97 Å². The minimum atomic E-state index is -1.61. The van der Waals surface area contributed by atoms with Gasteiger partial charge in [-0.1, -0.05) is 13.8 Å². The van der Waals surface area contributed by atoms with E-state index in [2.05, 4.69) is 16.0 Å². The Hall–Kier alpha value is -2.73. The van der Waals surface area contributed by atoms with Crippen molar-refractivity contribution in [2.75, 3.05) is 13.2 Å². The predicted molar refractivity (Wildman–Crippen MR) is 105 cm³/mol. The molecule has 12 heteroatoms. The maximum Gasteiger partial charge on any atom is 0.328 e. The summed E-state index contributed by atoms with van der Waals surface area (Å²) >= 11 is 0. The molecule has 1 heterocycles. The van der Waals surface area contributed by atoms with Gasteiger partial charge in [0.15, 0.2) is 0 Å². The molecule has 1 fully saturated rings. The second-order valence-corrected chi connectivity index (χ2v) is 7.65. The van der Waals surface area contributed by atoms with Crippen LogP contribution in [0.5, 0.6) is 0 Å². The van der Waals surface area contributed by atoms with Crippen molar-refractivity contribution in [3.8, 4) is 0 Å². The van der Waals surface area contributed by atoms with Crippen molar-refractivity contribution in [1.29, 1.82) is 0 Å². The van der Waals surface area contributed by atoms with Gasteiger partial charge in [-0.25, -0.2) is 4.79 Å². The molecule has 0 aliphatic carbocycles. The van der Waals surface area contributed by atoms with Crippen LogP contribution < -0.4 is 27.0 Å². The highest BCUT2D eigenvalue weighted by Gasteiger charge is 2.32. The SMILES string of the molecule is CC(C)CC(NC(=O)C1CCCN1)C(=O)NC(CC(N)=O)C(=O)NC(CO)C(=O)O. The Morgan fingerprint density at radius 2 is 1.63 bits per heavy atom. The van der Waals surface area contributed by atoms with Gasteiger partial charge in [-0.2, -0.15) is 0 Å². The molecule has 1 aliphatic rings. The van der Waals surface area contributed by atoms with Gasteiger partial charge in [0, 0.05) is 0 Å². The van der Waals surface area contributed by atoms with Crippen molar-refractivity contribution in [3.63, 3.8) is 0 Å². The fourth-order valence-electron chi connectivity index (χ4n) is 3.02. The highest BCUT2D eigenvalue weighted by molar-refractivity contribution is 5.96. The van der Waals surface area contributed by atoms with Crippen LogP contribution in [0.1, 0.15) is 39.5 Å². The molecule has 0 aromatic carbocycles. The fourth-order valence-corrected chi connectivity index (χ4v) is 3.02. The molecule has 0 bridgehead atoms. The number of carbonyl (C=O) groups excluding carboxylic acids is 4. The molecule has 0 spiro atoms. The minimum absolute atomic E-state index is 0.0341. The summed E-state index contributed by atoms with van der Waals surface area (Å²) in [6, 6.07) is -4.43. The highest BCUT2D eigenvalue weighted by atomic mass is 16.4. The van der Waals surface area contributed by atoms with E-state index in [0.29, 0.717) is 13.0 Å². The second kappa shape index (κ2) is 12.1. The molecule has 0 aromatic rings. The summed E-state index contributed by atoms with van der Waals surface area (Å²) in [5.74, 6) is -4.37. The zero-order chi connectivity index (χ0) is 22.8.